The molecule has 4 rings (SSSR count). The molecular weight excluding hydrogens is 389 g/mol. The highest BCUT2D eigenvalue weighted by Crippen LogP contribution is 2.21. The molecular formula is C20H22FN7O2. The number of carbonyl (C=O) groups excluding carboxylic acids is 2. The van der Waals surface area contributed by atoms with Gasteiger partial charge in [0, 0.05) is 25.2 Å². The van der Waals surface area contributed by atoms with Crippen LogP contribution >= 0.6 is 0 Å². The summed E-state index contributed by atoms with van der Waals surface area (Å²) in [6.45, 7) is 2.66. The second-order valence-electron chi connectivity index (χ2n) is 7.14. The van der Waals surface area contributed by atoms with Crippen LogP contribution in [0.25, 0.3) is 0 Å². The summed E-state index contributed by atoms with van der Waals surface area (Å²) in [5.74, 6) is -0.494. The molecule has 1 aliphatic rings. The number of hydrogen-bond donors (Lipinski definition) is 1. The molecule has 0 aliphatic carbocycles. The van der Waals surface area contributed by atoms with E-state index in [9.17, 15) is 14.0 Å². The summed E-state index contributed by atoms with van der Waals surface area (Å²) < 4.78 is 17.0. The first-order chi connectivity index (χ1) is 14.5. The molecule has 0 saturated carbocycles. The number of hydrogen-bond acceptors (Lipinski definition) is 5. The molecule has 0 spiro atoms. The summed E-state index contributed by atoms with van der Waals surface area (Å²) in [6.07, 6.45) is 2.55. The number of nitrogens with one attached hydrogen (secondary N) is 1. The van der Waals surface area contributed by atoms with Gasteiger partial charge in [-0.1, -0.05) is 25.1 Å². The van der Waals surface area contributed by atoms with E-state index in [4.69, 9.17) is 0 Å². The van der Waals surface area contributed by atoms with E-state index < -0.39 is 11.9 Å². The van der Waals surface area contributed by atoms with Gasteiger partial charge in [0.05, 0.1) is 12.2 Å². The van der Waals surface area contributed by atoms with Crippen molar-refractivity contribution in [2.24, 2.45) is 0 Å². The summed E-state index contributed by atoms with van der Waals surface area (Å²) in [7, 11) is 1.67. The van der Waals surface area contributed by atoms with Crippen molar-refractivity contribution in [3.63, 3.8) is 0 Å². The van der Waals surface area contributed by atoms with Gasteiger partial charge < -0.3 is 5.32 Å². The Bertz CT molecular complexity index is 1090. The van der Waals surface area contributed by atoms with Gasteiger partial charge in [0.15, 0.2) is 0 Å². The molecule has 3 aromatic rings. The fraction of sp³-hybridized carbons (Fsp3) is 0.350. The molecule has 2 amide bonds. The normalized spacial score (nSPS) is 16.3. The number of benzene rings is 1. The zero-order valence-electron chi connectivity index (χ0n) is 16.7. The standard InChI is InChI=1S/C20H22FN7O2/c1-3-14-10-17-26(2)20(30)16(8-9-28(17)24-14)23-19(29)18-22-12-27(25-18)11-13-6-4-5-7-15(13)21/h4-7,10,12,16H,3,8-9,11H2,1-2H3,(H,23,29)/t16-/m0/s1. The van der Waals surface area contributed by atoms with Gasteiger partial charge in [0.25, 0.3) is 11.8 Å². The molecule has 0 unspecified atom stereocenters. The van der Waals surface area contributed by atoms with Crippen LogP contribution in [-0.2, 0) is 24.3 Å². The highest BCUT2D eigenvalue weighted by Gasteiger charge is 2.31. The summed E-state index contributed by atoms with van der Waals surface area (Å²) in [6, 6.07) is 7.51. The molecule has 1 N–H and O–H groups in total. The molecule has 2 aromatic heterocycles. The maximum Gasteiger partial charge on any atom is 0.291 e. The fourth-order valence-corrected chi connectivity index (χ4v) is 3.42. The average Bonchev–Trinajstić information content (AvgIpc) is 3.36. The van der Waals surface area contributed by atoms with Crippen LogP contribution < -0.4 is 10.2 Å². The number of halogens is 1. The molecule has 1 atom stereocenters. The summed E-state index contributed by atoms with van der Waals surface area (Å²) >= 11 is 0. The molecule has 0 bridgehead atoms. The van der Waals surface area contributed by atoms with Crippen molar-refractivity contribution in [2.45, 2.75) is 38.9 Å². The van der Waals surface area contributed by atoms with Crippen LogP contribution in [-0.4, -0.2) is 49.4 Å². The Labute approximate surface area is 172 Å². The largest absolute Gasteiger partial charge is 0.337 e. The number of aromatic nitrogens is 5. The molecule has 156 valence electrons. The van der Waals surface area contributed by atoms with Gasteiger partial charge in [0.2, 0.25) is 5.82 Å². The lowest BCUT2D eigenvalue weighted by Gasteiger charge is -2.19. The van der Waals surface area contributed by atoms with Crippen molar-refractivity contribution < 1.29 is 14.0 Å². The molecule has 0 saturated heterocycles. The molecule has 1 aliphatic heterocycles. The lowest BCUT2D eigenvalue weighted by atomic mass is 10.2. The van der Waals surface area contributed by atoms with Crippen LogP contribution in [0.3, 0.4) is 0 Å². The second-order valence-corrected chi connectivity index (χ2v) is 7.14. The van der Waals surface area contributed by atoms with Crippen molar-refractivity contribution >= 4 is 17.6 Å². The van der Waals surface area contributed by atoms with Gasteiger partial charge in [-0.15, -0.1) is 5.10 Å². The predicted octanol–water partition coefficient (Wildman–Crippen LogP) is 1.39. The zero-order chi connectivity index (χ0) is 21.3. The lowest BCUT2D eigenvalue weighted by molar-refractivity contribution is -0.120. The molecule has 1 aromatic carbocycles. The third kappa shape index (κ3) is 3.80. The Morgan fingerprint density at radius 3 is 2.87 bits per heavy atom. The summed E-state index contributed by atoms with van der Waals surface area (Å²) in [5, 5.41) is 11.3. The van der Waals surface area contributed by atoms with Crippen molar-refractivity contribution in [3.05, 3.63) is 59.6 Å². The van der Waals surface area contributed by atoms with Crippen molar-refractivity contribution in [2.75, 3.05) is 11.9 Å². The Morgan fingerprint density at radius 2 is 2.10 bits per heavy atom. The predicted molar refractivity (Wildman–Crippen MR) is 106 cm³/mol. The van der Waals surface area contributed by atoms with Crippen molar-refractivity contribution in [1.82, 2.24) is 29.9 Å². The number of aryl methyl sites for hydroxylation is 2. The minimum Gasteiger partial charge on any atom is -0.337 e. The van der Waals surface area contributed by atoms with E-state index >= 15 is 0 Å². The number of likely N-dealkylation sites (N-methyl/N-ethyl adjacent to an activating group) is 1. The van der Waals surface area contributed by atoms with Gasteiger partial charge in [-0.3, -0.25) is 14.5 Å². The minimum atomic E-state index is -0.715. The quantitative estimate of drug-likeness (QED) is 0.684. The Balaban J connectivity index is 1.44. The van der Waals surface area contributed by atoms with E-state index in [1.54, 1.807) is 29.9 Å². The first kappa shape index (κ1) is 19.7. The van der Waals surface area contributed by atoms with Crippen molar-refractivity contribution in [3.8, 4) is 0 Å². The summed E-state index contributed by atoms with van der Waals surface area (Å²) in [5.41, 5.74) is 1.35. The van der Waals surface area contributed by atoms with E-state index in [0.29, 0.717) is 24.3 Å². The number of carbonyl (C=O) groups is 2. The number of nitrogens with zero attached hydrogens (tertiary/aromatic N) is 6. The van der Waals surface area contributed by atoms with E-state index in [0.717, 1.165) is 12.1 Å². The average molecular weight is 411 g/mol. The van der Waals surface area contributed by atoms with Crippen LogP contribution in [0.5, 0.6) is 0 Å². The van der Waals surface area contributed by atoms with Crippen LogP contribution in [0, 0.1) is 5.82 Å². The molecule has 9 nitrogen and oxygen atoms in total. The van der Waals surface area contributed by atoms with Gasteiger partial charge in [-0.25, -0.2) is 18.7 Å². The number of rotatable bonds is 5. The first-order valence-electron chi connectivity index (χ1n) is 9.74. The Morgan fingerprint density at radius 1 is 1.30 bits per heavy atom. The van der Waals surface area contributed by atoms with Gasteiger partial charge in [-0.05, 0) is 18.9 Å². The molecule has 0 fully saturated rings. The fourth-order valence-electron chi connectivity index (χ4n) is 3.42. The number of amides is 2. The topological polar surface area (TPSA) is 97.9 Å². The highest BCUT2D eigenvalue weighted by atomic mass is 19.1. The van der Waals surface area contributed by atoms with E-state index in [1.165, 1.54) is 22.0 Å². The van der Waals surface area contributed by atoms with E-state index in [1.807, 2.05) is 13.0 Å². The van der Waals surface area contributed by atoms with E-state index in [2.05, 4.69) is 20.5 Å². The Kier molecular flexibility index (Phi) is 5.30. The van der Waals surface area contributed by atoms with E-state index in [-0.39, 0.29) is 24.1 Å². The van der Waals surface area contributed by atoms with Gasteiger partial charge in [0.1, 0.15) is 24.0 Å². The number of anilines is 1. The van der Waals surface area contributed by atoms with Crippen molar-refractivity contribution in [1.29, 1.82) is 0 Å². The van der Waals surface area contributed by atoms with Crippen LogP contribution in [0.2, 0.25) is 0 Å². The van der Waals surface area contributed by atoms with Crippen LogP contribution in [0.4, 0.5) is 10.2 Å². The molecule has 30 heavy (non-hydrogen) atoms. The zero-order valence-corrected chi connectivity index (χ0v) is 16.7. The minimum absolute atomic E-state index is 0.0722. The smallest absolute Gasteiger partial charge is 0.291 e. The molecule has 3 heterocycles. The second kappa shape index (κ2) is 8.05. The highest BCUT2D eigenvalue weighted by molar-refractivity contribution is 6.00. The first-order valence-corrected chi connectivity index (χ1v) is 9.74. The molecule has 10 heteroatoms. The maximum absolute atomic E-state index is 13.8. The van der Waals surface area contributed by atoms with Crippen LogP contribution in [0.15, 0.2) is 36.7 Å². The number of fused-ring (bicyclic) bond motifs is 1. The lowest BCUT2D eigenvalue weighted by Crippen LogP contribution is -2.47. The van der Waals surface area contributed by atoms with Gasteiger partial charge >= 0.3 is 0 Å². The molecule has 0 radical (unpaired) electrons. The maximum atomic E-state index is 13.8. The monoisotopic (exact) mass is 411 g/mol. The summed E-state index contributed by atoms with van der Waals surface area (Å²) in [4.78, 5) is 31.0. The van der Waals surface area contributed by atoms with Crippen LogP contribution in [0.1, 0.15) is 35.2 Å². The Hall–Kier alpha value is -3.56. The third-order valence-corrected chi connectivity index (χ3v) is 5.11. The SMILES string of the molecule is CCc1cc2n(n1)CC[C@H](NC(=O)c1ncn(Cc3ccccc3F)n1)C(=O)N2C. The third-order valence-electron chi connectivity index (χ3n) is 5.11. The van der Waals surface area contributed by atoms with Gasteiger partial charge in [-0.2, -0.15) is 5.10 Å².